The first-order chi connectivity index (χ1) is 13.6. The second-order valence-electron chi connectivity index (χ2n) is 12.4. The predicted molar refractivity (Wildman–Crippen MR) is 129 cm³/mol. The average Bonchev–Trinajstić information content (AvgIpc) is 3.35. The van der Waals surface area contributed by atoms with E-state index in [-0.39, 0.29) is 0 Å². The summed E-state index contributed by atoms with van der Waals surface area (Å²) in [5, 5.41) is 8.08. The minimum absolute atomic E-state index is 0.394. The molecule has 5 rings (SSSR count). The van der Waals surface area contributed by atoms with Crippen LogP contribution in [0.4, 0.5) is 0 Å². The molecule has 0 amide bonds. The summed E-state index contributed by atoms with van der Waals surface area (Å²) in [5.41, 5.74) is 5.75. The van der Waals surface area contributed by atoms with Crippen LogP contribution in [0.1, 0.15) is 30.7 Å². The number of benzene rings is 3. The Kier molecular flexibility index (Phi) is 3.31. The van der Waals surface area contributed by atoms with Gasteiger partial charge in [0.2, 0.25) is 0 Å². The van der Waals surface area contributed by atoms with E-state index in [4.69, 9.17) is 0 Å². The first kappa shape index (κ1) is 19.1. The Hall–Kier alpha value is -1.93. The normalized spacial score (nSPS) is 23.5. The Morgan fingerprint density at radius 2 is 1.00 bits per heavy atom. The SMILES string of the molecule is [CH3][Ti]([CH3])([CH3])(=[SiH2])([c]1ccccc1)([CH]1C=Cc2ccccc21)[CH]1C=Cc2ccccc21. The monoisotopic (exact) mass is 430 g/mol. The molecule has 0 bridgehead atoms. The van der Waals surface area contributed by atoms with Crippen molar-refractivity contribution in [3.8, 4) is 0 Å². The van der Waals surface area contributed by atoms with Crippen molar-refractivity contribution in [2.24, 2.45) is 0 Å². The molecule has 0 spiro atoms. The summed E-state index contributed by atoms with van der Waals surface area (Å²) < 4.78 is 2.33. The summed E-state index contributed by atoms with van der Waals surface area (Å²) in [6.45, 7) is 0. The molecule has 0 saturated carbocycles. The van der Waals surface area contributed by atoms with Gasteiger partial charge in [0, 0.05) is 0 Å². The van der Waals surface area contributed by atoms with Gasteiger partial charge in [-0.25, -0.2) is 0 Å². The molecule has 3 aromatic rings. The molecule has 0 saturated heterocycles. The predicted octanol–water partition coefficient (Wildman–Crippen LogP) is 6.30. The van der Waals surface area contributed by atoms with Gasteiger partial charge in [0.25, 0.3) is 0 Å². The summed E-state index contributed by atoms with van der Waals surface area (Å²) >= 11 is -4.59. The van der Waals surface area contributed by atoms with Gasteiger partial charge in [0.1, 0.15) is 0 Å². The first-order valence-electron chi connectivity index (χ1n) is 10.7. The van der Waals surface area contributed by atoms with Crippen molar-refractivity contribution in [2.45, 2.75) is 24.1 Å². The van der Waals surface area contributed by atoms with Crippen LogP contribution in [0.3, 0.4) is 0 Å². The standard InChI is InChI=1S/2C9H7.C6H5.3CH3.H2Si.Ti/c2*1-2-5-9-7-3-6-8(9)4-1;1-2-4-6-5-3-1;;;;;/h2*1-7H;1-5H;3*1H3;1H2;. The zero-order valence-electron chi connectivity index (χ0n) is 17.7. The Morgan fingerprint density at radius 1 is 0.586 bits per heavy atom. The first-order valence-corrected chi connectivity index (χ1v) is 22.0. The van der Waals surface area contributed by atoms with E-state index in [0.717, 1.165) is 0 Å². The van der Waals surface area contributed by atoms with Crippen LogP contribution in [0.5, 0.6) is 0 Å². The number of hydrogen-bond acceptors (Lipinski definition) is 0. The van der Waals surface area contributed by atoms with Gasteiger partial charge in [0.05, 0.1) is 0 Å². The molecule has 0 fully saturated rings. The Labute approximate surface area is 171 Å². The molecule has 0 N–H and O–H groups in total. The number of rotatable bonds is 3. The zero-order chi connectivity index (χ0) is 20.4. The molecule has 29 heavy (non-hydrogen) atoms. The maximum absolute atomic E-state index is 4.59. The fourth-order valence-corrected chi connectivity index (χ4v) is 23.8. The molecule has 2 heteroatoms. The van der Waals surface area contributed by atoms with E-state index in [1.54, 1.807) is 3.87 Å². The van der Waals surface area contributed by atoms with Gasteiger partial charge < -0.3 is 0 Å². The average molecular weight is 430 g/mol. The zero-order valence-corrected chi connectivity index (χ0v) is 20.7. The molecular formula is C27H30SiTi. The van der Waals surface area contributed by atoms with Crippen LogP contribution in [0, 0.1) is 0 Å². The Bertz CT molecular complexity index is 1260. The maximum atomic E-state index is 2.69. The van der Waals surface area contributed by atoms with Gasteiger partial charge in [-0.2, -0.15) is 0 Å². The van der Waals surface area contributed by atoms with Crippen molar-refractivity contribution in [3.63, 3.8) is 0 Å². The third-order valence-electron chi connectivity index (χ3n) is 8.75. The fraction of sp³-hybridized carbons (Fsp3) is 0.185. The molecule has 0 heterocycles. The van der Waals surface area contributed by atoms with Crippen molar-refractivity contribution >= 4 is 23.7 Å². The molecule has 2 aliphatic carbocycles. The molecule has 0 aliphatic heterocycles. The third-order valence-corrected chi connectivity index (χ3v) is 29.8. The van der Waals surface area contributed by atoms with E-state index in [2.05, 4.69) is 126 Å². The summed E-state index contributed by atoms with van der Waals surface area (Å²) in [6, 6.07) is 29.5. The van der Waals surface area contributed by atoms with E-state index in [0.29, 0.717) is 8.45 Å². The van der Waals surface area contributed by atoms with E-state index < -0.39 is 11.5 Å². The van der Waals surface area contributed by atoms with Crippen LogP contribution in [-0.2, 0) is 11.5 Å². The number of allylic oxidation sites excluding steroid dienone is 2. The van der Waals surface area contributed by atoms with Crippen LogP contribution in [0.25, 0.3) is 12.2 Å². The van der Waals surface area contributed by atoms with Crippen molar-refractivity contribution in [1.82, 2.24) is 0 Å². The number of fused-ring (bicyclic) bond motifs is 2. The molecule has 0 aromatic heterocycles. The quantitative estimate of drug-likeness (QED) is 0.428. The summed E-state index contributed by atoms with van der Waals surface area (Å²) in [4.78, 5) is 0. The van der Waals surface area contributed by atoms with Crippen LogP contribution in [0.15, 0.2) is 91.0 Å². The molecule has 146 valence electrons. The van der Waals surface area contributed by atoms with Gasteiger partial charge in [0.15, 0.2) is 0 Å². The van der Waals surface area contributed by atoms with E-state index in [1.807, 2.05) is 0 Å². The van der Waals surface area contributed by atoms with Crippen LogP contribution in [-0.4, -0.2) is 7.63 Å². The molecule has 2 atom stereocenters. The van der Waals surface area contributed by atoms with Gasteiger partial charge in [-0.3, -0.25) is 0 Å². The van der Waals surface area contributed by atoms with E-state index in [9.17, 15) is 0 Å². The van der Waals surface area contributed by atoms with Gasteiger partial charge in [-0.05, 0) is 0 Å². The minimum atomic E-state index is -4.59. The summed E-state index contributed by atoms with van der Waals surface area (Å²) in [7, 11) is 2.37. The topological polar surface area (TPSA) is 0 Å². The van der Waals surface area contributed by atoms with E-state index >= 15 is 0 Å². The van der Waals surface area contributed by atoms with Gasteiger partial charge in [-0.15, -0.1) is 0 Å². The van der Waals surface area contributed by atoms with Gasteiger partial charge >= 0.3 is 173 Å². The van der Waals surface area contributed by atoms with Gasteiger partial charge in [-0.1, -0.05) is 0 Å². The molecule has 3 aromatic carbocycles. The Balaban J connectivity index is 1.95. The summed E-state index contributed by atoms with van der Waals surface area (Å²) in [6.07, 6.45) is 9.77. The molecule has 2 unspecified atom stereocenters. The van der Waals surface area contributed by atoms with Crippen LogP contribution < -0.4 is 3.87 Å². The molecule has 0 nitrogen and oxygen atoms in total. The third kappa shape index (κ3) is 2.24. The Morgan fingerprint density at radius 3 is 1.48 bits per heavy atom. The van der Waals surface area contributed by atoms with Crippen molar-refractivity contribution in [2.75, 3.05) is 0 Å². The molecular weight excluding hydrogens is 400 g/mol. The van der Waals surface area contributed by atoms with Crippen LogP contribution in [0.2, 0.25) is 15.7 Å². The molecule has 2 aliphatic rings. The van der Waals surface area contributed by atoms with Crippen molar-refractivity contribution in [3.05, 3.63) is 113 Å². The van der Waals surface area contributed by atoms with Crippen molar-refractivity contribution in [1.29, 1.82) is 0 Å². The van der Waals surface area contributed by atoms with Crippen molar-refractivity contribution < 1.29 is 11.5 Å². The number of hydrogen-bond donors (Lipinski definition) is 0. The summed E-state index contributed by atoms with van der Waals surface area (Å²) in [5.74, 6) is 0. The molecule has 0 radical (unpaired) electrons. The van der Waals surface area contributed by atoms with Crippen LogP contribution >= 0.6 is 0 Å². The fourth-order valence-electron chi connectivity index (χ4n) is 6.71. The second-order valence-corrected chi connectivity index (χ2v) is 47.8. The van der Waals surface area contributed by atoms with E-state index in [1.165, 1.54) is 22.3 Å². The second kappa shape index (κ2) is 5.03.